The van der Waals surface area contributed by atoms with Gasteiger partial charge in [0.15, 0.2) is 0 Å². The van der Waals surface area contributed by atoms with Gasteiger partial charge in [0, 0.05) is 18.4 Å². The number of carbonyl (C=O) groups is 5. The molecule has 37 heavy (non-hydrogen) atoms. The number of halogens is 2. The minimum Gasteiger partial charge on any atom is -0.444 e. The number of alkyl carbamates (subject to hydrolysis) is 1. The molecule has 206 valence electrons. The molecule has 1 aliphatic heterocycles. The van der Waals surface area contributed by atoms with Crippen molar-refractivity contribution in [3.63, 3.8) is 0 Å². The molecule has 1 saturated heterocycles. The van der Waals surface area contributed by atoms with Gasteiger partial charge in [-0.1, -0.05) is 25.7 Å². The third-order valence-electron chi connectivity index (χ3n) is 7.84. The Kier molecular flexibility index (Phi) is 7.74. The number of likely N-dealkylation sites (tertiary alicyclic amines) is 1. The highest BCUT2D eigenvalue weighted by atomic mass is 35.5. The van der Waals surface area contributed by atoms with E-state index in [0.717, 1.165) is 38.5 Å². The minimum atomic E-state index is -1.18. The summed E-state index contributed by atoms with van der Waals surface area (Å²) in [7, 11) is 0. The Labute approximate surface area is 226 Å². The zero-order valence-corrected chi connectivity index (χ0v) is 22.9. The molecule has 0 aromatic rings. The number of amides is 4. The van der Waals surface area contributed by atoms with Crippen LogP contribution in [0.3, 0.4) is 0 Å². The molecule has 5 atom stereocenters. The number of nitrogens with two attached hydrogens (primary N) is 1. The van der Waals surface area contributed by atoms with E-state index in [0.29, 0.717) is 6.42 Å². The van der Waals surface area contributed by atoms with Crippen LogP contribution in [-0.2, 0) is 23.9 Å². The third-order valence-corrected chi connectivity index (χ3v) is 8.90. The third kappa shape index (κ3) is 6.16. The summed E-state index contributed by atoms with van der Waals surface area (Å²) in [5, 5.41) is 5.40. The lowest BCUT2D eigenvalue weighted by Crippen LogP contribution is -2.59. The van der Waals surface area contributed by atoms with Gasteiger partial charge in [0.05, 0.1) is 6.04 Å². The van der Waals surface area contributed by atoms with Crippen LogP contribution in [-0.4, -0.2) is 69.1 Å². The lowest BCUT2D eigenvalue weighted by atomic mass is 9.96. The van der Waals surface area contributed by atoms with Crippen LogP contribution in [0.25, 0.3) is 0 Å². The van der Waals surface area contributed by atoms with Crippen LogP contribution in [0.1, 0.15) is 65.7 Å². The van der Waals surface area contributed by atoms with Crippen LogP contribution in [0.2, 0.25) is 0 Å². The average Bonchev–Trinajstić information content (AvgIpc) is 3.49. The first-order chi connectivity index (χ1) is 17.2. The molecule has 0 spiro atoms. The van der Waals surface area contributed by atoms with Crippen LogP contribution in [0.4, 0.5) is 4.79 Å². The van der Waals surface area contributed by atoms with E-state index in [-0.39, 0.29) is 24.3 Å². The maximum absolute atomic E-state index is 13.9. The number of ketones is 1. The van der Waals surface area contributed by atoms with E-state index in [4.69, 9.17) is 33.7 Å². The molecule has 3 saturated carbocycles. The molecule has 0 aromatic heterocycles. The first kappa shape index (κ1) is 28.0. The average molecular weight is 559 g/mol. The molecule has 4 fully saturated rings. The molecule has 10 nitrogen and oxygen atoms in total. The monoisotopic (exact) mass is 558 g/mol. The van der Waals surface area contributed by atoms with Crippen molar-refractivity contribution in [2.75, 3.05) is 6.54 Å². The molecule has 0 radical (unpaired) electrons. The highest BCUT2D eigenvalue weighted by Crippen LogP contribution is 2.65. The Morgan fingerprint density at radius 1 is 1.05 bits per heavy atom. The van der Waals surface area contributed by atoms with E-state index in [2.05, 4.69) is 10.6 Å². The van der Waals surface area contributed by atoms with Crippen molar-refractivity contribution in [1.82, 2.24) is 15.5 Å². The number of primary amides is 1. The van der Waals surface area contributed by atoms with Gasteiger partial charge in [-0.25, -0.2) is 4.79 Å². The van der Waals surface area contributed by atoms with Crippen molar-refractivity contribution < 1.29 is 28.7 Å². The highest BCUT2D eigenvalue weighted by molar-refractivity contribution is 6.51. The second-order valence-corrected chi connectivity index (χ2v) is 13.3. The number of piperidine rings is 1. The van der Waals surface area contributed by atoms with Crippen molar-refractivity contribution in [3.8, 4) is 0 Å². The summed E-state index contributed by atoms with van der Waals surface area (Å²) in [6, 6.07) is -2.99. The van der Waals surface area contributed by atoms with E-state index in [1.54, 1.807) is 20.8 Å². The lowest BCUT2D eigenvalue weighted by Gasteiger charge is -2.35. The van der Waals surface area contributed by atoms with Gasteiger partial charge in [0.2, 0.25) is 17.6 Å². The molecule has 0 bridgehead atoms. The molecule has 4 rings (SSSR count). The van der Waals surface area contributed by atoms with Gasteiger partial charge in [0.1, 0.15) is 22.0 Å². The molecule has 4 N–H and O–H groups in total. The number of rotatable bonds is 9. The molecule has 12 heteroatoms. The van der Waals surface area contributed by atoms with Crippen molar-refractivity contribution in [2.45, 2.75) is 93.8 Å². The van der Waals surface area contributed by atoms with Gasteiger partial charge in [-0.15, -0.1) is 23.2 Å². The summed E-state index contributed by atoms with van der Waals surface area (Å²) in [5.41, 5.74) is 4.47. The summed E-state index contributed by atoms with van der Waals surface area (Å²) < 4.78 is 4.22. The lowest BCUT2D eigenvalue weighted by molar-refractivity contribution is -0.144. The molecular formula is C25H36Cl2N4O6. The smallest absolute Gasteiger partial charge is 0.408 e. The van der Waals surface area contributed by atoms with E-state index in [1.807, 2.05) is 0 Å². The predicted molar refractivity (Wildman–Crippen MR) is 136 cm³/mol. The number of nitrogens with one attached hydrogen (secondary N) is 2. The Hall–Kier alpha value is -2.07. The van der Waals surface area contributed by atoms with Crippen LogP contribution in [0.15, 0.2) is 0 Å². The summed E-state index contributed by atoms with van der Waals surface area (Å²) in [6.45, 7) is 5.35. The fourth-order valence-electron chi connectivity index (χ4n) is 5.77. The number of alkyl halides is 2. The van der Waals surface area contributed by atoms with Gasteiger partial charge in [-0.3, -0.25) is 19.2 Å². The fourth-order valence-corrected chi connectivity index (χ4v) is 6.59. The summed E-state index contributed by atoms with van der Waals surface area (Å²) >= 11 is 12.9. The molecule has 3 aliphatic carbocycles. The molecule has 3 unspecified atom stereocenters. The van der Waals surface area contributed by atoms with E-state index < -0.39 is 63.6 Å². The Balaban J connectivity index is 1.54. The standard InChI is InChI=1S/C25H36Cl2N4O6/c1-24(2,3)37-23(36)30-17(13-6-4-5-7-13)22(35)31-11-14-16(25(14,26)27)18(31)21(34)29-15(10-12-8-9-12)19(32)20(28)33/h12-18H,4-11H2,1-3H3,(H2,28,33)(H,29,34)(H,30,36)/t14?,15?,16?,17-,18-/m0/s1. The van der Waals surface area contributed by atoms with Crippen molar-refractivity contribution >= 4 is 52.8 Å². The van der Waals surface area contributed by atoms with Gasteiger partial charge >= 0.3 is 6.09 Å². The Bertz CT molecular complexity index is 973. The maximum Gasteiger partial charge on any atom is 0.408 e. The number of nitrogens with zero attached hydrogens (tertiary/aromatic N) is 1. The molecule has 1 heterocycles. The number of fused-ring (bicyclic) bond motifs is 1. The number of carbonyl (C=O) groups excluding carboxylic acids is 5. The van der Waals surface area contributed by atoms with Crippen LogP contribution in [0.5, 0.6) is 0 Å². The second-order valence-electron chi connectivity index (χ2n) is 11.9. The van der Waals surface area contributed by atoms with Crippen molar-refractivity contribution in [2.24, 2.45) is 29.4 Å². The topological polar surface area (TPSA) is 148 Å². The zero-order valence-electron chi connectivity index (χ0n) is 21.4. The van der Waals surface area contributed by atoms with E-state index in [9.17, 15) is 24.0 Å². The van der Waals surface area contributed by atoms with E-state index >= 15 is 0 Å². The second kappa shape index (κ2) is 10.2. The SMILES string of the molecule is CC(C)(C)OC(=O)N[C@H](C(=O)N1CC2C([C@H]1C(=O)NC(CC1CC1)C(=O)C(N)=O)C2(Cl)Cl)C1CCCC1. The molecule has 0 aromatic carbocycles. The summed E-state index contributed by atoms with van der Waals surface area (Å²) in [5.74, 6) is -3.74. The largest absolute Gasteiger partial charge is 0.444 e. The normalized spacial score (nSPS) is 28.1. The first-order valence-corrected chi connectivity index (χ1v) is 13.8. The highest BCUT2D eigenvalue weighted by Gasteiger charge is 2.74. The minimum absolute atomic E-state index is 0.100. The summed E-state index contributed by atoms with van der Waals surface area (Å²) in [4.78, 5) is 65.5. The van der Waals surface area contributed by atoms with Crippen LogP contribution >= 0.6 is 23.2 Å². The number of hydrogen-bond donors (Lipinski definition) is 3. The predicted octanol–water partition coefficient (Wildman–Crippen LogP) is 2.04. The van der Waals surface area contributed by atoms with E-state index in [1.165, 1.54) is 4.90 Å². The zero-order chi connectivity index (χ0) is 27.3. The van der Waals surface area contributed by atoms with Crippen molar-refractivity contribution in [1.29, 1.82) is 0 Å². The maximum atomic E-state index is 13.9. The van der Waals surface area contributed by atoms with Gasteiger partial charge in [-0.05, 0) is 51.9 Å². The number of Topliss-reactive ketones (excluding diaryl/α,β-unsaturated/α-hetero) is 1. The molecular weight excluding hydrogens is 523 g/mol. The van der Waals surface area contributed by atoms with Crippen LogP contribution in [0, 0.1) is 23.7 Å². The van der Waals surface area contributed by atoms with Crippen LogP contribution < -0.4 is 16.4 Å². The first-order valence-electron chi connectivity index (χ1n) is 13.0. The van der Waals surface area contributed by atoms with Gasteiger partial charge in [0.25, 0.3) is 5.91 Å². The molecule has 4 amide bonds. The fraction of sp³-hybridized carbons (Fsp3) is 0.800. The Morgan fingerprint density at radius 3 is 2.22 bits per heavy atom. The summed E-state index contributed by atoms with van der Waals surface area (Å²) in [6.07, 6.45) is 4.80. The Morgan fingerprint density at radius 2 is 1.68 bits per heavy atom. The number of hydrogen-bond acceptors (Lipinski definition) is 6. The molecule has 4 aliphatic rings. The number of ether oxygens (including phenoxy) is 1. The van der Waals surface area contributed by atoms with Gasteiger partial charge in [-0.2, -0.15) is 0 Å². The van der Waals surface area contributed by atoms with Crippen molar-refractivity contribution in [3.05, 3.63) is 0 Å². The quantitative estimate of drug-likeness (QED) is 0.291. The van der Waals surface area contributed by atoms with Gasteiger partial charge < -0.3 is 26.0 Å².